The van der Waals surface area contributed by atoms with Crippen LogP contribution in [0.2, 0.25) is 0 Å². The minimum atomic E-state index is -5.08. The van der Waals surface area contributed by atoms with Gasteiger partial charge in [-0.3, -0.25) is 4.79 Å². The van der Waals surface area contributed by atoms with E-state index in [1.54, 1.807) is 12.1 Å². The Hall–Kier alpha value is -2.83. The lowest BCUT2D eigenvalue weighted by atomic mass is 10.2. The summed E-state index contributed by atoms with van der Waals surface area (Å²) < 4.78 is 31.7. The van der Waals surface area contributed by atoms with Gasteiger partial charge in [0.15, 0.2) is 0 Å². The van der Waals surface area contributed by atoms with Gasteiger partial charge >= 0.3 is 12.1 Å². The molecule has 0 heterocycles. The van der Waals surface area contributed by atoms with Crippen molar-refractivity contribution < 1.29 is 27.9 Å². The first-order valence-electron chi connectivity index (χ1n) is 6.02. The molecule has 2 aromatic carbocycles. The maximum absolute atomic E-state index is 11.7. The summed E-state index contributed by atoms with van der Waals surface area (Å²) in [5.41, 5.74) is 1.48. The molecule has 0 bridgehead atoms. The van der Waals surface area contributed by atoms with Crippen molar-refractivity contribution in [1.82, 2.24) is 0 Å². The Kier molecular flexibility index (Phi) is 6.12. The highest BCUT2D eigenvalue weighted by molar-refractivity contribution is 6.04. The highest BCUT2D eigenvalue weighted by Crippen LogP contribution is 2.13. The van der Waals surface area contributed by atoms with Crippen LogP contribution in [-0.2, 0) is 4.79 Å². The van der Waals surface area contributed by atoms with Crippen molar-refractivity contribution in [2.75, 3.05) is 5.32 Å². The number of hydrogen-bond acceptors (Lipinski definition) is 2. The van der Waals surface area contributed by atoms with E-state index < -0.39 is 12.1 Å². The monoisotopic (exact) mass is 311 g/mol. The van der Waals surface area contributed by atoms with Gasteiger partial charge in [0, 0.05) is 11.3 Å². The third-order valence-electron chi connectivity index (χ3n) is 2.31. The Morgan fingerprint density at radius 2 is 1.27 bits per heavy atom. The Labute approximate surface area is 124 Å². The second-order valence-electron chi connectivity index (χ2n) is 3.99. The fraction of sp³-hybridized carbons (Fsp3) is 0.0667. The summed E-state index contributed by atoms with van der Waals surface area (Å²) >= 11 is 0. The number of halogens is 3. The largest absolute Gasteiger partial charge is 0.490 e. The van der Waals surface area contributed by atoms with Crippen molar-refractivity contribution in [1.29, 1.82) is 0 Å². The molecule has 4 nitrogen and oxygen atoms in total. The Morgan fingerprint density at radius 3 is 1.68 bits per heavy atom. The number of aliphatic carboxylic acids is 1. The normalized spacial score (nSPS) is 10.1. The maximum atomic E-state index is 11.7. The van der Waals surface area contributed by atoms with Crippen molar-refractivity contribution in [2.45, 2.75) is 6.18 Å². The molecule has 0 spiro atoms. The fourth-order valence-electron chi connectivity index (χ4n) is 1.31. The van der Waals surface area contributed by atoms with Crippen LogP contribution < -0.4 is 5.32 Å². The standard InChI is InChI=1S/C13H11NO.C2HF3O2/c15-13(11-7-3-1-4-8-11)14-12-9-5-2-6-10-12;3-2(4,5)1(6)7/h1-10H,(H,14,15);(H,6,7). The summed E-state index contributed by atoms with van der Waals surface area (Å²) in [4.78, 5) is 20.6. The van der Waals surface area contributed by atoms with Crippen molar-refractivity contribution in [3.8, 4) is 0 Å². The minimum absolute atomic E-state index is 0.0817. The van der Waals surface area contributed by atoms with Gasteiger partial charge in [-0.1, -0.05) is 36.4 Å². The number of carboxylic acid groups (broad SMARTS) is 1. The highest BCUT2D eigenvalue weighted by atomic mass is 19.4. The lowest BCUT2D eigenvalue weighted by molar-refractivity contribution is -0.192. The first kappa shape index (κ1) is 17.2. The number of carboxylic acids is 1. The molecule has 1 amide bonds. The van der Waals surface area contributed by atoms with Gasteiger partial charge in [0.25, 0.3) is 5.91 Å². The van der Waals surface area contributed by atoms with E-state index in [0.717, 1.165) is 5.69 Å². The SMILES string of the molecule is O=C(Nc1ccccc1)c1ccccc1.O=C(O)C(F)(F)F. The van der Waals surface area contributed by atoms with Crippen LogP contribution in [0.1, 0.15) is 10.4 Å². The molecule has 2 rings (SSSR count). The van der Waals surface area contributed by atoms with Crippen molar-refractivity contribution in [3.63, 3.8) is 0 Å². The molecule has 0 fully saturated rings. The first-order chi connectivity index (χ1) is 10.3. The topological polar surface area (TPSA) is 66.4 Å². The zero-order chi connectivity index (χ0) is 16.6. The molecule has 0 atom stereocenters. The summed E-state index contributed by atoms with van der Waals surface area (Å²) in [7, 11) is 0. The average molecular weight is 311 g/mol. The van der Waals surface area contributed by atoms with E-state index in [2.05, 4.69) is 5.32 Å². The number of anilines is 1. The van der Waals surface area contributed by atoms with Gasteiger partial charge in [-0.2, -0.15) is 13.2 Å². The molecule has 2 N–H and O–H groups in total. The maximum Gasteiger partial charge on any atom is 0.490 e. The number of rotatable bonds is 2. The molecule has 2 aromatic rings. The smallest absolute Gasteiger partial charge is 0.475 e. The highest BCUT2D eigenvalue weighted by Gasteiger charge is 2.38. The van der Waals surface area contributed by atoms with E-state index in [1.165, 1.54) is 0 Å². The summed E-state index contributed by atoms with van der Waals surface area (Å²) in [6.45, 7) is 0. The number of alkyl halides is 3. The number of carbonyl (C=O) groups is 2. The number of carbonyl (C=O) groups excluding carboxylic acids is 1. The van der Waals surface area contributed by atoms with Crippen LogP contribution in [0.15, 0.2) is 60.7 Å². The lowest BCUT2D eigenvalue weighted by Crippen LogP contribution is -2.21. The third kappa shape index (κ3) is 6.08. The van der Waals surface area contributed by atoms with E-state index in [9.17, 15) is 18.0 Å². The van der Waals surface area contributed by atoms with Gasteiger partial charge in [-0.25, -0.2) is 4.79 Å². The summed E-state index contributed by atoms with van der Waals surface area (Å²) in [6, 6.07) is 18.6. The predicted molar refractivity (Wildman–Crippen MR) is 74.5 cm³/mol. The van der Waals surface area contributed by atoms with Crippen LogP contribution in [-0.4, -0.2) is 23.2 Å². The van der Waals surface area contributed by atoms with Crippen LogP contribution in [0, 0.1) is 0 Å². The fourth-order valence-corrected chi connectivity index (χ4v) is 1.31. The summed E-state index contributed by atoms with van der Waals surface area (Å²) in [5.74, 6) is -2.84. The van der Waals surface area contributed by atoms with Gasteiger partial charge in [0.2, 0.25) is 0 Å². The number of para-hydroxylation sites is 1. The molecule has 0 aliphatic carbocycles. The average Bonchev–Trinajstić information content (AvgIpc) is 2.49. The van der Waals surface area contributed by atoms with Crippen LogP contribution in [0.3, 0.4) is 0 Å². The van der Waals surface area contributed by atoms with Crippen LogP contribution in [0.4, 0.5) is 18.9 Å². The van der Waals surface area contributed by atoms with E-state index in [-0.39, 0.29) is 5.91 Å². The molecular weight excluding hydrogens is 299 g/mol. The molecule has 0 aliphatic rings. The van der Waals surface area contributed by atoms with Gasteiger partial charge in [0.1, 0.15) is 0 Å². The predicted octanol–water partition coefficient (Wildman–Crippen LogP) is 3.57. The Bertz CT molecular complexity index is 613. The van der Waals surface area contributed by atoms with E-state index >= 15 is 0 Å². The molecule has 7 heteroatoms. The van der Waals surface area contributed by atoms with Gasteiger partial charge in [0.05, 0.1) is 0 Å². The van der Waals surface area contributed by atoms with Crippen molar-refractivity contribution >= 4 is 17.6 Å². The van der Waals surface area contributed by atoms with Gasteiger partial charge < -0.3 is 10.4 Å². The molecule has 0 saturated heterocycles. The number of benzene rings is 2. The Balaban J connectivity index is 0.000000295. The lowest BCUT2D eigenvalue weighted by Gasteiger charge is -2.03. The molecular formula is C15H12F3NO3. The molecule has 116 valence electrons. The van der Waals surface area contributed by atoms with Crippen molar-refractivity contribution in [2.24, 2.45) is 0 Å². The second-order valence-corrected chi connectivity index (χ2v) is 3.99. The molecule has 0 saturated carbocycles. The summed E-state index contributed by atoms with van der Waals surface area (Å²) in [5, 5.41) is 9.94. The first-order valence-corrected chi connectivity index (χ1v) is 6.02. The van der Waals surface area contributed by atoms with E-state index in [1.807, 2.05) is 48.5 Å². The van der Waals surface area contributed by atoms with Crippen LogP contribution in [0.25, 0.3) is 0 Å². The third-order valence-corrected chi connectivity index (χ3v) is 2.31. The zero-order valence-corrected chi connectivity index (χ0v) is 11.2. The Morgan fingerprint density at radius 1 is 0.864 bits per heavy atom. The number of nitrogens with one attached hydrogen (secondary N) is 1. The quantitative estimate of drug-likeness (QED) is 0.891. The van der Waals surface area contributed by atoms with Crippen LogP contribution >= 0.6 is 0 Å². The minimum Gasteiger partial charge on any atom is -0.475 e. The van der Waals surface area contributed by atoms with Gasteiger partial charge in [-0.05, 0) is 24.3 Å². The molecule has 0 aliphatic heterocycles. The molecule has 22 heavy (non-hydrogen) atoms. The summed E-state index contributed by atoms with van der Waals surface area (Å²) in [6.07, 6.45) is -5.08. The van der Waals surface area contributed by atoms with E-state index in [4.69, 9.17) is 9.90 Å². The number of amides is 1. The second kappa shape index (κ2) is 7.82. The molecule has 0 aromatic heterocycles. The van der Waals surface area contributed by atoms with E-state index in [0.29, 0.717) is 5.56 Å². The van der Waals surface area contributed by atoms with Crippen LogP contribution in [0.5, 0.6) is 0 Å². The van der Waals surface area contributed by atoms with Gasteiger partial charge in [-0.15, -0.1) is 0 Å². The molecule has 0 unspecified atom stereocenters. The van der Waals surface area contributed by atoms with Crippen molar-refractivity contribution in [3.05, 3.63) is 66.2 Å². The zero-order valence-electron chi connectivity index (χ0n) is 11.2. The molecule has 0 radical (unpaired) electrons. The number of hydrogen-bond donors (Lipinski definition) is 2.